The molecule has 0 fully saturated rings. The first-order valence-corrected chi connectivity index (χ1v) is 9.82. The minimum Gasteiger partial charge on any atom is -0.0807 e. The predicted octanol–water partition coefficient (Wildman–Crippen LogP) is 8.21. The third kappa shape index (κ3) is 6.91. The molecule has 1 rings (SSSR count). The molecule has 0 saturated heterocycles. The summed E-state index contributed by atoms with van der Waals surface area (Å²) in [6.45, 7) is 11.2. The number of hydrogen-bond donors (Lipinski definition) is 0. The molecule has 1 aromatic carbocycles. The summed E-state index contributed by atoms with van der Waals surface area (Å²) < 4.78 is 0. The van der Waals surface area contributed by atoms with Gasteiger partial charge < -0.3 is 0 Å². The monoisotopic (exact) mass is 324 g/mol. The zero-order valence-electron chi connectivity index (χ0n) is 16.5. The molecule has 0 amide bonds. The van der Waals surface area contributed by atoms with Crippen LogP contribution in [0.2, 0.25) is 0 Å². The van der Waals surface area contributed by atoms with Gasteiger partial charge in [-0.05, 0) is 54.9 Å². The lowest BCUT2D eigenvalue weighted by Crippen LogP contribution is -1.87. The second-order valence-electron chi connectivity index (χ2n) is 6.62. The predicted molar refractivity (Wildman–Crippen MR) is 111 cm³/mol. The van der Waals surface area contributed by atoms with Gasteiger partial charge in [-0.25, -0.2) is 0 Å². The molecule has 0 aliphatic rings. The van der Waals surface area contributed by atoms with E-state index in [9.17, 15) is 0 Å². The number of hydrogen-bond acceptors (Lipinski definition) is 0. The minimum atomic E-state index is 1.15. The van der Waals surface area contributed by atoms with E-state index >= 15 is 0 Å². The minimum absolute atomic E-state index is 1.15. The fourth-order valence-corrected chi connectivity index (χ4v) is 2.94. The highest BCUT2D eigenvalue weighted by molar-refractivity contribution is 5.70. The Morgan fingerprint density at radius 3 is 1.96 bits per heavy atom. The molecule has 0 aliphatic carbocycles. The quantitative estimate of drug-likeness (QED) is 0.380. The summed E-state index contributed by atoms with van der Waals surface area (Å²) in [6.07, 6.45) is 15.4. The van der Waals surface area contributed by atoms with Crippen molar-refractivity contribution in [3.8, 4) is 0 Å². The van der Waals surface area contributed by atoms with Crippen LogP contribution in [0.25, 0.3) is 11.1 Å². The van der Waals surface area contributed by atoms with Gasteiger partial charge in [0.1, 0.15) is 0 Å². The largest absolute Gasteiger partial charge is 0.0807 e. The van der Waals surface area contributed by atoms with Crippen molar-refractivity contribution in [3.05, 3.63) is 59.2 Å². The van der Waals surface area contributed by atoms with Crippen LogP contribution in [-0.2, 0) is 0 Å². The van der Waals surface area contributed by atoms with Gasteiger partial charge in [-0.3, -0.25) is 0 Å². The van der Waals surface area contributed by atoms with Crippen LogP contribution in [0.15, 0.2) is 48.1 Å². The summed E-state index contributed by atoms with van der Waals surface area (Å²) in [6, 6.07) is 9.13. The fraction of sp³-hybridized carbons (Fsp3) is 0.500. The van der Waals surface area contributed by atoms with Crippen LogP contribution >= 0.6 is 0 Å². The van der Waals surface area contributed by atoms with Gasteiger partial charge in [-0.2, -0.15) is 0 Å². The van der Waals surface area contributed by atoms with E-state index in [-0.39, 0.29) is 0 Å². The van der Waals surface area contributed by atoms with Crippen molar-refractivity contribution < 1.29 is 0 Å². The van der Waals surface area contributed by atoms with Gasteiger partial charge in [-0.15, -0.1) is 0 Å². The second-order valence-corrected chi connectivity index (χ2v) is 6.62. The summed E-state index contributed by atoms with van der Waals surface area (Å²) >= 11 is 0. The second kappa shape index (κ2) is 11.9. The Bertz CT molecular complexity index is 552. The number of rotatable bonds is 10. The number of unbranched alkanes of at least 4 members (excludes halogenated alkanes) is 1. The molecule has 0 N–H and O–H groups in total. The van der Waals surface area contributed by atoms with E-state index < -0.39 is 0 Å². The number of allylic oxidation sites excluding steroid dienone is 6. The van der Waals surface area contributed by atoms with Crippen molar-refractivity contribution in [2.45, 2.75) is 79.6 Å². The van der Waals surface area contributed by atoms with Crippen LogP contribution in [-0.4, -0.2) is 0 Å². The van der Waals surface area contributed by atoms with E-state index in [1.54, 1.807) is 5.57 Å². The van der Waals surface area contributed by atoms with Crippen LogP contribution in [0.1, 0.15) is 90.7 Å². The van der Waals surface area contributed by atoms with Crippen LogP contribution in [0.4, 0.5) is 0 Å². The van der Waals surface area contributed by atoms with E-state index in [1.807, 2.05) is 0 Å². The van der Waals surface area contributed by atoms with E-state index in [0.29, 0.717) is 0 Å². The van der Waals surface area contributed by atoms with Gasteiger partial charge in [-0.1, -0.05) is 95.0 Å². The summed E-state index contributed by atoms with van der Waals surface area (Å²) in [5, 5.41) is 0. The molecule has 0 spiro atoms. The third-order valence-electron chi connectivity index (χ3n) is 4.50. The normalized spacial score (nSPS) is 13.5. The van der Waals surface area contributed by atoms with Crippen molar-refractivity contribution in [1.82, 2.24) is 0 Å². The summed E-state index contributed by atoms with van der Waals surface area (Å²) in [4.78, 5) is 0. The molecule has 1 aromatic rings. The smallest absolute Gasteiger partial charge is 0.0227 e. The molecule has 0 heterocycles. The standard InChI is InChI=1S/C24H36/c1-6-10-13-23(12-8-3)24-18-16-22(17-19-24)20(5)14-15-21(9-4)11-7-2/h13-19H,6-12H2,1-5H3/b20-14+,21-15+,23-13+. The topological polar surface area (TPSA) is 0 Å². The van der Waals surface area contributed by atoms with Crippen molar-refractivity contribution in [3.63, 3.8) is 0 Å². The molecule has 24 heavy (non-hydrogen) atoms. The Balaban J connectivity index is 2.92. The van der Waals surface area contributed by atoms with Gasteiger partial charge in [0, 0.05) is 0 Å². The zero-order chi connectivity index (χ0) is 17.8. The van der Waals surface area contributed by atoms with Gasteiger partial charge >= 0.3 is 0 Å². The maximum Gasteiger partial charge on any atom is -0.0227 e. The van der Waals surface area contributed by atoms with Gasteiger partial charge in [0.2, 0.25) is 0 Å². The molecule has 0 radical (unpaired) electrons. The molecule has 0 bridgehead atoms. The highest BCUT2D eigenvalue weighted by Crippen LogP contribution is 2.24. The average molecular weight is 325 g/mol. The Hall–Kier alpha value is -1.56. The van der Waals surface area contributed by atoms with E-state index in [1.165, 1.54) is 60.8 Å². The van der Waals surface area contributed by atoms with Crippen molar-refractivity contribution in [2.24, 2.45) is 0 Å². The Kier molecular flexibility index (Phi) is 10.2. The van der Waals surface area contributed by atoms with Crippen LogP contribution in [0, 0.1) is 0 Å². The molecule has 0 aliphatic heterocycles. The van der Waals surface area contributed by atoms with Crippen molar-refractivity contribution in [1.29, 1.82) is 0 Å². The highest BCUT2D eigenvalue weighted by atomic mass is 14.1. The van der Waals surface area contributed by atoms with E-state index in [0.717, 1.165) is 6.42 Å². The Morgan fingerprint density at radius 1 is 0.792 bits per heavy atom. The van der Waals surface area contributed by atoms with Gasteiger partial charge in [0.05, 0.1) is 0 Å². The maximum absolute atomic E-state index is 2.42. The molecule has 0 unspecified atom stereocenters. The lowest BCUT2D eigenvalue weighted by atomic mass is 9.97. The SMILES string of the molecule is CCC/C=C(\CCC)c1ccc(/C(C)=C/C=C(\CC)CCC)cc1. The molecular weight excluding hydrogens is 288 g/mol. The molecule has 0 nitrogen and oxygen atoms in total. The molecule has 0 heteroatoms. The summed E-state index contributed by atoms with van der Waals surface area (Å²) in [5.41, 5.74) is 7.11. The molecule has 0 atom stereocenters. The van der Waals surface area contributed by atoms with Crippen LogP contribution < -0.4 is 0 Å². The highest BCUT2D eigenvalue weighted by Gasteiger charge is 2.02. The first-order valence-electron chi connectivity index (χ1n) is 9.82. The first-order chi connectivity index (χ1) is 11.7. The van der Waals surface area contributed by atoms with Crippen molar-refractivity contribution >= 4 is 11.1 Å². The lowest BCUT2D eigenvalue weighted by molar-refractivity contribution is 0.859. The van der Waals surface area contributed by atoms with Gasteiger partial charge in [0.25, 0.3) is 0 Å². The van der Waals surface area contributed by atoms with Gasteiger partial charge in [0.15, 0.2) is 0 Å². The molecule has 132 valence electrons. The maximum atomic E-state index is 2.42. The lowest BCUT2D eigenvalue weighted by Gasteiger charge is -2.09. The summed E-state index contributed by atoms with van der Waals surface area (Å²) in [5.74, 6) is 0. The third-order valence-corrected chi connectivity index (χ3v) is 4.50. The van der Waals surface area contributed by atoms with Crippen molar-refractivity contribution in [2.75, 3.05) is 0 Å². The summed E-state index contributed by atoms with van der Waals surface area (Å²) in [7, 11) is 0. The molecular formula is C24H36. The van der Waals surface area contributed by atoms with Crippen LogP contribution in [0.3, 0.4) is 0 Å². The zero-order valence-corrected chi connectivity index (χ0v) is 16.5. The Labute approximate surface area is 150 Å². The first kappa shape index (κ1) is 20.5. The molecule has 0 saturated carbocycles. The van der Waals surface area contributed by atoms with E-state index in [2.05, 4.69) is 77.1 Å². The average Bonchev–Trinajstić information content (AvgIpc) is 2.62. The fourth-order valence-electron chi connectivity index (χ4n) is 2.94. The number of benzene rings is 1. The van der Waals surface area contributed by atoms with Crippen LogP contribution in [0.5, 0.6) is 0 Å². The molecule has 0 aromatic heterocycles. The van der Waals surface area contributed by atoms with E-state index in [4.69, 9.17) is 0 Å². The Morgan fingerprint density at radius 2 is 1.42 bits per heavy atom.